The summed E-state index contributed by atoms with van der Waals surface area (Å²) in [7, 11) is 3.13. The molecule has 2 N–H and O–H groups in total. The molecule has 0 bridgehead atoms. The molecule has 18 heavy (non-hydrogen) atoms. The number of hydrogen-bond donors (Lipinski definition) is 1. The maximum absolute atomic E-state index is 6.26. The van der Waals surface area contributed by atoms with Crippen molar-refractivity contribution >= 4 is 24.0 Å². The highest BCUT2D eigenvalue weighted by atomic mass is 35.5. The summed E-state index contributed by atoms with van der Waals surface area (Å²) in [4.78, 5) is 0. The van der Waals surface area contributed by atoms with Crippen LogP contribution in [0.15, 0.2) is 24.8 Å². The van der Waals surface area contributed by atoms with Gasteiger partial charge >= 0.3 is 0 Å². The molecule has 0 amide bonds. The Kier molecular flexibility index (Phi) is 7.83. The number of ether oxygens (including phenoxy) is 2. The average molecular weight is 292 g/mol. The lowest BCUT2D eigenvalue weighted by Gasteiger charge is -2.17. The number of halogens is 2. The molecule has 0 aromatic heterocycles. The smallest absolute Gasteiger partial charge is 0.179 e. The van der Waals surface area contributed by atoms with Gasteiger partial charge in [-0.25, -0.2) is 0 Å². The Morgan fingerprint density at radius 1 is 1.39 bits per heavy atom. The highest BCUT2D eigenvalue weighted by molar-refractivity contribution is 6.33. The van der Waals surface area contributed by atoms with E-state index in [0.717, 1.165) is 18.4 Å². The molecule has 0 aliphatic rings. The van der Waals surface area contributed by atoms with E-state index in [1.54, 1.807) is 14.2 Å². The first kappa shape index (κ1) is 17.1. The van der Waals surface area contributed by atoms with Gasteiger partial charge in [-0.3, -0.25) is 0 Å². The summed E-state index contributed by atoms with van der Waals surface area (Å²) in [5.41, 5.74) is 6.94. The zero-order valence-corrected chi connectivity index (χ0v) is 12.2. The monoisotopic (exact) mass is 291 g/mol. The number of hydrogen-bond acceptors (Lipinski definition) is 3. The third-order valence-corrected chi connectivity index (χ3v) is 2.99. The van der Waals surface area contributed by atoms with Crippen molar-refractivity contribution in [2.45, 2.75) is 18.9 Å². The van der Waals surface area contributed by atoms with Crippen LogP contribution in [-0.2, 0) is 0 Å². The van der Waals surface area contributed by atoms with Crippen molar-refractivity contribution in [1.82, 2.24) is 0 Å². The van der Waals surface area contributed by atoms with Gasteiger partial charge in [0.15, 0.2) is 11.5 Å². The molecule has 1 aromatic rings. The van der Waals surface area contributed by atoms with E-state index in [4.69, 9.17) is 26.8 Å². The molecule has 0 radical (unpaired) electrons. The number of allylic oxidation sites excluding steroid dienone is 1. The first-order chi connectivity index (χ1) is 8.15. The Labute approximate surface area is 119 Å². The molecule has 0 unspecified atom stereocenters. The maximum atomic E-state index is 6.26. The first-order valence-corrected chi connectivity index (χ1v) is 5.80. The number of rotatable bonds is 6. The van der Waals surface area contributed by atoms with Crippen molar-refractivity contribution in [2.24, 2.45) is 5.73 Å². The molecule has 5 heteroatoms. The molecule has 0 fully saturated rings. The minimum atomic E-state index is -0.125. The van der Waals surface area contributed by atoms with E-state index in [2.05, 4.69) is 6.58 Å². The molecule has 0 aliphatic carbocycles. The van der Waals surface area contributed by atoms with E-state index in [1.165, 1.54) is 0 Å². The zero-order valence-electron chi connectivity index (χ0n) is 10.6. The topological polar surface area (TPSA) is 44.5 Å². The third kappa shape index (κ3) is 3.80. The predicted octanol–water partition coefficient (Wildman–Crippen LogP) is 3.75. The molecular weight excluding hydrogens is 273 g/mol. The molecule has 3 nitrogen and oxygen atoms in total. The van der Waals surface area contributed by atoms with Crippen LogP contribution in [0.25, 0.3) is 0 Å². The molecular formula is C13H19Cl2NO2. The van der Waals surface area contributed by atoms with Crippen LogP contribution in [0.1, 0.15) is 24.4 Å². The normalized spacial score (nSPS) is 11.3. The van der Waals surface area contributed by atoms with Gasteiger partial charge in [0.25, 0.3) is 0 Å². The van der Waals surface area contributed by atoms with Gasteiger partial charge in [0.2, 0.25) is 0 Å². The maximum Gasteiger partial charge on any atom is 0.179 e. The van der Waals surface area contributed by atoms with Crippen molar-refractivity contribution < 1.29 is 9.47 Å². The largest absolute Gasteiger partial charge is 0.493 e. The zero-order chi connectivity index (χ0) is 12.8. The van der Waals surface area contributed by atoms with Crippen LogP contribution in [0.2, 0.25) is 5.02 Å². The molecule has 0 saturated carbocycles. The summed E-state index contributed by atoms with van der Waals surface area (Å²) < 4.78 is 10.4. The predicted molar refractivity (Wildman–Crippen MR) is 78.2 cm³/mol. The van der Waals surface area contributed by atoms with E-state index in [-0.39, 0.29) is 18.4 Å². The number of benzene rings is 1. The summed E-state index contributed by atoms with van der Waals surface area (Å²) in [5.74, 6) is 1.14. The molecule has 0 spiro atoms. The molecule has 0 aliphatic heterocycles. The van der Waals surface area contributed by atoms with Gasteiger partial charge in [0, 0.05) is 6.04 Å². The van der Waals surface area contributed by atoms with Gasteiger partial charge in [-0.15, -0.1) is 19.0 Å². The van der Waals surface area contributed by atoms with Crippen molar-refractivity contribution in [3.63, 3.8) is 0 Å². The molecule has 1 aromatic carbocycles. The standard InChI is InChI=1S/C13H18ClNO2.ClH/c1-4-5-6-10(15)9-7-8-11(16-2)13(17-3)12(9)14;/h4,7-8,10H,1,5-6,15H2,2-3H3;1H/t10-;/m0./s1. The number of methoxy groups -OCH3 is 2. The van der Waals surface area contributed by atoms with E-state index in [1.807, 2.05) is 18.2 Å². The van der Waals surface area contributed by atoms with Crippen LogP contribution < -0.4 is 15.2 Å². The lowest BCUT2D eigenvalue weighted by Crippen LogP contribution is -2.11. The van der Waals surface area contributed by atoms with Crippen LogP contribution >= 0.6 is 24.0 Å². The third-order valence-electron chi connectivity index (χ3n) is 2.60. The fourth-order valence-corrected chi connectivity index (χ4v) is 2.02. The van der Waals surface area contributed by atoms with Crippen LogP contribution in [0.5, 0.6) is 11.5 Å². The summed E-state index contributed by atoms with van der Waals surface area (Å²) in [6.07, 6.45) is 3.50. The Balaban J connectivity index is 0.00000289. The highest BCUT2D eigenvalue weighted by Gasteiger charge is 2.17. The highest BCUT2D eigenvalue weighted by Crippen LogP contribution is 2.39. The lowest BCUT2D eigenvalue weighted by atomic mass is 10.0. The minimum absolute atomic E-state index is 0. The van der Waals surface area contributed by atoms with Gasteiger partial charge in [0.05, 0.1) is 19.2 Å². The number of nitrogens with two attached hydrogens (primary N) is 1. The van der Waals surface area contributed by atoms with Gasteiger partial charge in [-0.1, -0.05) is 23.7 Å². The van der Waals surface area contributed by atoms with Crippen molar-refractivity contribution in [2.75, 3.05) is 14.2 Å². The Bertz CT molecular complexity index is 397. The fourth-order valence-electron chi connectivity index (χ4n) is 1.64. The van der Waals surface area contributed by atoms with Crippen LogP contribution in [-0.4, -0.2) is 14.2 Å². The van der Waals surface area contributed by atoms with Gasteiger partial charge in [0.1, 0.15) is 0 Å². The van der Waals surface area contributed by atoms with E-state index in [9.17, 15) is 0 Å². The van der Waals surface area contributed by atoms with Crippen LogP contribution in [0.4, 0.5) is 0 Å². The molecule has 1 atom stereocenters. The Morgan fingerprint density at radius 3 is 2.56 bits per heavy atom. The van der Waals surface area contributed by atoms with Gasteiger partial charge < -0.3 is 15.2 Å². The lowest BCUT2D eigenvalue weighted by molar-refractivity contribution is 0.354. The molecule has 0 heterocycles. The summed E-state index contributed by atoms with van der Waals surface area (Å²) in [6, 6.07) is 3.56. The Morgan fingerprint density at radius 2 is 2.06 bits per heavy atom. The van der Waals surface area contributed by atoms with E-state index in [0.29, 0.717) is 16.5 Å². The van der Waals surface area contributed by atoms with Crippen molar-refractivity contribution in [3.05, 3.63) is 35.4 Å². The second-order valence-electron chi connectivity index (χ2n) is 3.68. The van der Waals surface area contributed by atoms with Gasteiger partial charge in [-0.05, 0) is 24.5 Å². The minimum Gasteiger partial charge on any atom is -0.493 e. The SMILES string of the molecule is C=CCC[C@H](N)c1ccc(OC)c(OC)c1Cl.Cl. The van der Waals surface area contributed by atoms with Crippen LogP contribution in [0.3, 0.4) is 0 Å². The van der Waals surface area contributed by atoms with Gasteiger partial charge in [-0.2, -0.15) is 0 Å². The molecule has 1 rings (SSSR count). The second-order valence-corrected chi connectivity index (χ2v) is 4.05. The summed E-state index contributed by atoms with van der Waals surface area (Å²) in [5, 5.41) is 0.517. The second kappa shape index (κ2) is 8.25. The quantitative estimate of drug-likeness (QED) is 0.812. The summed E-state index contributed by atoms with van der Waals surface area (Å²) >= 11 is 6.26. The van der Waals surface area contributed by atoms with E-state index >= 15 is 0 Å². The van der Waals surface area contributed by atoms with Crippen LogP contribution in [0, 0.1) is 0 Å². The molecule has 0 saturated heterocycles. The van der Waals surface area contributed by atoms with Crippen molar-refractivity contribution in [1.29, 1.82) is 0 Å². The molecule has 102 valence electrons. The summed E-state index contributed by atoms with van der Waals surface area (Å²) in [6.45, 7) is 3.68. The first-order valence-electron chi connectivity index (χ1n) is 5.42. The Hall–Kier alpha value is -0.900. The average Bonchev–Trinajstić information content (AvgIpc) is 2.35. The van der Waals surface area contributed by atoms with Crippen molar-refractivity contribution in [3.8, 4) is 11.5 Å². The fraction of sp³-hybridized carbons (Fsp3) is 0.385. The van der Waals surface area contributed by atoms with E-state index < -0.39 is 0 Å².